The van der Waals surface area contributed by atoms with Crippen LogP contribution < -0.4 is 16.0 Å². The van der Waals surface area contributed by atoms with E-state index in [9.17, 15) is 0 Å². The first-order valence-corrected chi connectivity index (χ1v) is 6.93. The average Bonchev–Trinajstić information content (AvgIpc) is 2.48. The van der Waals surface area contributed by atoms with Crippen molar-refractivity contribution in [2.45, 2.75) is 12.5 Å². The van der Waals surface area contributed by atoms with Gasteiger partial charge < -0.3 is 4.74 Å². The van der Waals surface area contributed by atoms with E-state index < -0.39 is 0 Å². The topological polar surface area (TPSA) is 47.3 Å². The van der Waals surface area contributed by atoms with Crippen molar-refractivity contribution in [3.63, 3.8) is 0 Å². The van der Waals surface area contributed by atoms with Crippen LogP contribution in [0.5, 0.6) is 5.75 Å². The molecule has 0 amide bonds. The third kappa shape index (κ3) is 3.64. The van der Waals surface area contributed by atoms with Gasteiger partial charge in [-0.05, 0) is 47.9 Å². The second-order valence-electron chi connectivity index (χ2n) is 4.44. The first-order chi connectivity index (χ1) is 9.63. The molecule has 3 N–H and O–H groups in total. The van der Waals surface area contributed by atoms with Crippen LogP contribution in [0.3, 0.4) is 0 Å². The summed E-state index contributed by atoms with van der Waals surface area (Å²) >= 11 is 12.2. The van der Waals surface area contributed by atoms with Crippen LogP contribution in [0, 0.1) is 0 Å². The molecule has 0 aromatic heterocycles. The standard InChI is InChI=1S/C15H16Cl2N2O/c1-20-12-5-2-10(3-6-12)8-15(19-18)13-9-11(16)4-7-14(13)17/h2-7,9,15,19H,8,18H2,1H3. The number of nitrogens with one attached hydrogen (secondary N) is 1. The maximum atomic E-state index is 6.21. The first-order valence-electron chi connectivity index (χ1n) is 6.18. The van der Waals surface area contributed by atoms with Gasteiger partial charge in [0, 0.05) is 10.0 Å². The van der Waals surface area contributed by atoms with Crippen LogP contribution in [0.1, 0.15) is 17.2 Å². The third-order valence-corrected chi connectivity index (χ3v) is 3.71. The summed E-state index contributed by atoms with van der Waals surface area (Å²) < 4.78 is 5.14. The summed E-state index contributed by atoms with van der Waals surface area (Å²) in [6, 6.07) is 13.1. The molecular weight excluding hydrogens is 295 g/mol. The van der Waals surface area contributed by atoms with E-state index in [4.69, 9.17) is 33.8 Å². The molecule has 3 nitrogen and oxygen atoms in total. The maximum absolute atomic E-state index is 6.21. The van der Waals surface area contributed by atoms with Gasteiger partial charge in [-0.1, -0.05) is 35.3 Å². The van der Waals surface area contributed by atoms with Gasteiger partial charge in [0.25, 0.3) is 0 Å². The highest BCUT2D eigenvalue weighted by molar-refractivity contribution is 6.33. The monoisotopic (exact) mass is 310 g/mol. The minimum Gasteiger partial charge on any atom is -0.497 e. The summed E-state index contributed by atoms with van der Waals surface area (Å²) in [4.78, 5) is 0. The molecule has 2 aromatic rings. The van der Waals surface area contributed by atoms with E-state index in [0.29, 0.717) is 16.5 Å². The van der Waals surface area contributed by atoms with Crippen LogP contribution >= 0.6 is 23.2 Å². The lowest BCUT2D eigenvalue weighted by atomic mass is 9.99. The Kier molecular flexibility index (Phi) is 5.26. The predicted octanol–water partition coefficient (Wildman–Crippen LogP) is 3.75. The second kappa shape index (κ2) is 6.95. The van der Waals surface area contributed by atoms with E-state index in [0.717, 1.165) is 16.9 Å². The molecule has 0 radical (unpaired) electrons. The summed E-state index contributed by atoms with van der Waals surface area (Å²) in [6.07, 6.45) is 0.709. The van der Waals surface area contributed by atoms with E-state index in [2.05, 4.69) is 5.43 Å². The Morgan fingerprint density at radius 1 is 1.15 bits per heavy atom. The molecule has 0 heterocycles. The van der Waals surface area contributed by atoms with Gasteiger partial charge in [-0.2, -0.15) is 0 Å². The number of benzene rings is 2. The van der Waals surface area contributed by atoms with Crippen molar-refractivity contribution in [2.75, 3.05) is 7.11 Å². The first kappa shape index (κ1) is 15.1. The van der Waals surface area contributed by atoms with Gasteiger partial charge in [0.15, 0.2) is 0 Å². The van der Waals surface area contributed by atoms with Crippen LogP contribution in [0.2, 0.25) is 10.0 Å². The fourth-order valence-electron chi connectivity index (χ4n) is 2.04. The molecule has 1 unspecified atom stereocenters. The molecule has 0 aliphatic heterocycles. The van der Waals surface area contributed by atoms with Gasteiger partial charge in [0.2, 0.25) is 0 Å². The third-order valence-electron chi connectivity index (χ3n) is 3.13. The SMILES string of the molecule is COc1ccc(CC(NN)c2cc(Cl)ccc2Cl)cc1. The molecular formula is C15H16Cl2N2O. The summed E-state index contributed by atoms with van der Waals surface area (Å²) in [6.45, 7) is 0. The molecule has 106 valence electrons. The Morgan fingerprint density at radius 2 is 1.85 bits per heavy atom. The van der Waals surface area contributed by atoms with E-state index in [-0.39, 0.29) is 6.04 Å². The minimum absolute atomic E-state index is 0.102. The van der Waals surface area contributed by atoms with Crippen molar-refractivity contribution in [3.8, 4) is 5.75 Å². The van der Waals surface area contributed by atoms with Crippen molar-refractivity contribution in [3.05, 3.63) is 63.6 Å². The summed E-state index contributed by atoms with van der Waals surface area (Å²) in [7, 11) is 1.64. The predicted molar refractivity (Wildman–Crippen MR) is 83.2 cm³/mol. The molecule has 0 fully saturated rings. The zero-order valence-corrected chi connectivity index (χ0v) is 12.6. The largest absolute Gasteiger partial charge is 0.497 e. The van der Waals surface area contributed by atoms with Crippen molar-refractivity contribution < 1.29 is 4.74 Å². The minimum atomic E-state index is -0.102. The Labute approximate surface area is 128 Å². The Balaban J connectivity index is 2.21. The molecule has 20 heavy (non-hydrogen) atoms. The molecule has 2 rings (SSSR count). The van der Waals surface area contributed by atoms with Crippen molar-refractivity contribution >= 4 is 23.2 Å². The van der Waals surface area contributed by atoms with Gasteiger partial charge in [-0.25, -0.2) is 0 Å². The van der Waals surface area contributed by atoms with E-state index >= 15 is 0 Å². The van der Waals surface area contributed by atoms with Crippen LogP contribution in [-0.4, -0.2) is 7.11 Å². The zero-order chi connectivity index (χ0) is 14.5. The molecule has 5 heteroatoms. The summed E-state index contributed by atoms with van der Waals surface area (Å²) in [5.74, 6) is 6.48. The number of halogens is 2. The van der Waals surface area contributed by atoms with Crippen LogP contribution in [0.4, 0.5) is 0 Å². The fraction of sp³-hybridized carbons (Fsp3) is 0.200. The normalized spacial score (nSPS) is 12.2. The number of rotatable bonds is 5. The van der Waals surface area contributed by atoms with Crippen molar-refractivity contribution in [1.29, 1.82) is 0 Å². The van der Waals surface area contributed by atoms with Crippen molar-refractivity contribution in [2.24, 2.45) is 5.84 Å². The Morgan fingerprint density at radius 3 is 2.45 bits per heavy atom. The lowest BCUT2D eigenvalue weighted by Gasteiger charge is -2.18. The molecule has 0 aliphatic carbocycles. The summed E-state index contributed by atoms with van der Waals surface area (Å²) in [5, 5.41) is 1.28. The highest BCUT2D eigenvalue weighted by Gasteiger charge is 2.14. The fourth-order valence-corrected chi connectivity index (χ4v) is 2.47. The lowest BCUT2D eigenvalue weighted by molar-refractivity contribution is 0.414. The highest BCUT2D eigenvalue weighted by atomic mass is 35.5. The molecule has 0 spiro atoms. The van der Waals surface area contributed by atoms with Crippen LogP contribution in [0.25, 0.3) is 0 Å². The van der Waals surface area contributed by atoms with Gasteiger partial charge >= 0.3 is 0 Å². The van der Waals surface area contributed by atoms with E-state index in [1.807, 2.05) is 30.3 Å². The van der Waals surface area contributed by atoms with Crippen LogP contribution in [-0.2, 0) is 6.42 Å². The van der Waals surface area contributed by atoms with Gasteiger partial charge in [-0.3, -0.25) is 11.3 Å². The number of ether oxygens (including phenoxy) is 1. The smallest absolute Gasteiger partial charge is 0.118 e. The quantitative estimate of drug-likeness (QED) is 0.653. The average molecular weight is 311 g/mol. The maximum Gasteiger partial charge on any atom is 0.118 e. The Bertz CT molecular complexity index is 573. The molecule has 0 bridgehead atoms. The number of methoxy groups -OCH3 is 1. The zero-order valence-electron chi connectivity index (χ0n) is 11.1. The molecule has 1 atom stereocenters. The van der Waals surface area contributed by atoms with Gasteiger partial charge in [0.05, 0.1) is 13.2 Å². The molecule has 2 aromatic carbocycles. The molecule has 0 aliphatic rings. The Hall–Kier alpha value is -1.26. The second-order valence-corrected chi connectivity index (χ2v) is 5.28. The number of hydrazine groups is 1. The van der Waals surface area contributed by atoms with E-state index in [1.165, 1.54) is 0 Å². The van der Waals surface area contributed by atoms with Gasteiger partial charge in [0.1, 0.15) is 5.75 Å². The molecule has 0 saturated carbocycles. The lowest BCUT2D eigenvalue weighted by Crippen LogP contribution is -2.29. The van der Waals surface area contributed by atoms with E-state index in [1.54, 1.807) is 19.2 Å². The molecule has 0 saturated heterocycles. The summed E-state index contributed by atoms with van der Waals surface area (Å²) in [5.41, 5.74) is 4.81. The number of hydrogen-bond donors (Lipinski definition) is 2. The highest BCUT2D eigenvalue weighted by Crippen LogP contribution is 2.28. The van der Waals surface area contributed by atoms with Crippen molar-refractivity contribution in [1.82, 2.24) is 5.43 Å². The number of nitrogens with two attached hydrogens (primary N) is 1. The van der Waals surface area contributed by atoms with Crippen LogP contribution in [0.15, 0.2) is 42.5 Å². The van der Waals surface area contributed by atoms with Gasteiger partial charge in [-0.15, -0.1) is 0 Å². The number of hydrogen-bond acceptors (Lipinski definition) is 3.